The summed E-state index contributed by atoms with van der Waals surface area (Å²) in [6.07, 6.45) is 1.78. The molecule has 0 radical (unpaired) electrons. The average molecular weight is 317 g/mol. The van der Waals surface area contributed by atoms with Gasteiger partial charge in [-0.05, 0) is 24.3 Å². The van der Waals surface area contributed by atoms with Gasteiger partial charge in [0.15, 0.2) is 11.5 Å². The highest BCUT2D eigenvalue weighted by atomic mass is 35.5. The molecule has 1 aromatic carbocycles. The Balaban J connectivity index is 1.61. The standard InChI is InChI=1S/C16H13ClN2O3/c1-19-9-12(17)7-13(19)8-18-16(20)5-3-11-2-4-14-15(6-11)22-10-21-14/h2,4,6-7,9H,8,10H2,1H3,(H,18,20). The zero-order valence-corrected chi connectivity index (χ0v) is 12.6. The molecule has 112 valence electrons. The normalized spacial score (nSPS) is 11.7. The van der Waals surface area contributed by atoms with Gasteiger partial charge in [0, 0.05) is 30.4 Å². The minimum atomic E-state index is -0.352. The number of halogens is 1. The molecule has 5 nitrogen and oxygen atoms in total. The molecule has 0 saturated heterocycles. The van der Waals surface area contributed by atoms with E-state index >= 15 is 0 Å². The van der Waals surface area contributed by atoms with Crippen LogP contribution in [0, 0.1) is 11.8 Å². The molecular formula is C16H13ClN2O3. The fourth-order valence-electron chi connectivity index (χ4n) is 2.06. The summed E-state index contributed by atoms with van der Waals surface area (Å²) in [6.45, 7) is 0.587. The highest BCUT2D eigenvalue weighted by Gasteiger charge is 2.12. The molecule has 0 unspecified atom stereocenters. The van der Waals surface area contributed by atoms with Gasteiger partial charge in [0.1, 0.15) is 0 Å². The van der Waals surface area contributed by atoms with Crippen LogP contribution in [0.25, 0.3) is 0 Å². The van der Waals surface area contributed by atoms with Crippen LogP contribution in [0.1, 0.15) is 11.3 Å². The van der Waals surface area contributed by atoms with Crippen LogP contribution in [-0.2, 0) is 18.4 Å². The number of hydrogen-bond acceptors (Lipinski definition) is 3. The van der Waals surface area contributed by atoms with Gasteiger partial charge in [0.2, 0.25) is 6.79 Å². The summed E-state index contributed by atoms with van der Waals surface area (Å²) in [5.74, 6) is 6.33. The molecule has 0 fully saturated rings. The zero-order valence-electron chi connectivity index (χ0n) is 11.9. The third-order valence-corrected chi connectivity index (χ3v) is 3.40. The van der Waals surface area contributed by atoms with Gasteiger partial charge < -0.3 is 19.4 Å². The number of carbonyl (C=O) groups excluding carboxylic acids is 1. The summed E-state index contributed by atoms with van der Waals surface area (Å²) < 4.78 is 12.3. The van der Waals surface area contributed by atoms with Crippen molar-refractivity contribution < 1.29 is 14.3 Å². The Kier molecular flexibility index (Phi) is 3.94. The van der Waals surface area contributed by atoms with Crippen LogP contribution in [0.5, 0.6) is 11.5 Å². The molecule has 0 atom stereocenters. The van der Waals surface area contributed by atoms with Crippen LogP contribution in [-0.4, -0.2) is 17.3 Å². The number of aromatic nitrogens is 1. The van der Waals surface area contributed by atoms with Gasteiger partial charge in [-0.3, -0.25) is 4.79 Å². The van der Waals surface area contributed by atoms with Crippen LogP contribution in [0.2, 0.25) is 5.02 Å². The lowest BCUT2D eigenvalue weighted by atomic mass is 10.2. The maximum absolute atomic E-state index is 11.8. The molecule has 3 rings (SSSR count). The van der Waals surface area contributed by atoms with Crippen molar-refractivity contribution in [3.63, 3.8) is 0 Å². The quantitative estimate of drug-likeness (QED) is 0.863. The Bertz CT molecular complexity index is 786. The Hall–Kier alpha value is -2.58. The fourth-order valence-corrected chi connectivity index (χ4v) is 2.33. The molecule has 0 bridgehead atoms. The lowest BCUT2D eigenvalue weighted by molar-refractivity contribution is -0.115. The van der Waals surface area contributed by atoms with Crippen molar-refractivity contribution in [1.29, 1.82) is 0 Å². The number of amides is 1. The maximum Gasteiger partial charge on any atom is 0.296 e. The molecule has 1 aliphatic heterocycles. The van der Waals surface area contributed by atoms with Gasteiger partial charge in [-0.1, -0.05) is 17.5 Å². The molecule has 1 N–H and O–H groups in total. The largest absolute Gasteiger partial charge is 0.454 e. The Morgan fingerprint density at radius 2 is 2.18 bits per heavy atom. The summed E-state index contributed by atoms with van der Waals surface area (Å²) in [4.78, 5) is 11.8. The fraction of sp³-hybridized carbons (Fsp3) is 0.188. The molecule has 1 aliphatic rings. The molecule has 2 heterocycles. The Labute approximate surface area is 132 Å². The molecule has 22 heavy (non-hydrogen) atoms. The average Bonchev–Trinajstić information content (AvgIpc) is 3.08. The number of nitrogens with one attached hydrogen (secondary N) is 1. The second kappa shape index (κ2) is 6.04. The minimum Gasteiger partial charge on any atom is -0.454 e. The van der Waals surface area contributed by atoms with E-state index in [0.29, 0.717) is 28.6 Å². The maximum atomic E-state index is 11.8. The molecule has 1 amide bonds. The van der Waals surface area contributed by atoms with E-state index in [1.807, 2.05) is 11.6 Å². The van der Waals surface area contributed by atoms with Gasteiger partial charge in [0.25, 0.3) is 5.91 Å². The van der Waals surface area contributed by atoms with E-state index in [4.69, 9.17) is 21.1 Å². The lowest BCUT2D eigenvalue weighted by Crippen LogP contribution is -2.22. The van der Waals surface area contributed by atoms with Crippen molar-refractivity contribution >= 4 is 17.5 Å². The first-order chi connectivity index (χ1) is 10.6. The SMILES string of the molecule is Cn1cc(Cl)cc1CNC(=O)C#Cc1ccc2c(c1)OCO2. The van der Waals surface area contributed by atoms with Crippen LogP contribution in [0.4, 0.5) is 0 Å². The van der Waals surface area contributed by atoms with Crippen LogP contribution >= 0.6 is 11.6 Å². The lowest BCUT2D eigenvalue weighted by Gasteiger charge is -2.02. The first-order valence-corrected chi connectivity index (χ1v) is 7.00. The first kappa shape index (κ1) is 14.4. The van der Waals surface area contributed by atoms with Crippen molar-refractivity contribution in [2.45, 2.75) is 6.54 Å². The summed E-state index contributed by atoms with van der Waals surface area (Å²) in [7, 11) is 1.87. The molecule has 1 aromatic heterocycles. The monoisotopic (exact) mass is 316 g/mol. The molecular weight excluding hydrogens is 304 g/mol. The van der Waals surface area contributed by atoms with Gasteiger partial charge in [-0.2, -0.15) is 0 Å². The van der Waals surface area contributed by atoms with Crippen LogP contribution in [0.3, 0.4) is 0 Å². The van der Waals surface area contributed by atoms with Gasteiger partial charge in [-0.15, -0.1) is 0 Å². The topological polar surface area (TPSA) is 52.5 Å². The number of aryl methyl sites for hydroxylation is 1. The Morgan fingerprint density at radius 1 is 1.36 bits per heavy atom. The summed E-state index contributed by atoms with van der Waals surface area (Å²) in [5.41, 5.74) is 1.60. The summed E-state index contributed by atoms with van der Waals surface area (Å²) in [5, 5.41) is 3.36. The summed E-state index contributed by atoms with van der Waals surface area (Å²) >= 11 is 5.89. The predicted octanol–water partition coefficient (Wildman–Crippen LogP) is 2.08. The molecule has 0 aliphatic carbocycles. The predicted molar refractivity (Wildman–Crippen MR) is 81.7 cm³/mol. The number of rotatable bonds is 2. The third kappa shape index (κ3) is 3.18. The van der Waals surface area contributed by atoms with Crippen molar-refractivity contribution in [2.75, 3.05) is 6.79 Å². The molecule has 0 spiro atoms. The van der Waals surface area contributed by atoms with Crippen LogP contribution in [0.15, 0.2) is 30.5 Å². The van der Waals surface area contributed by atoms with E-state index < -0.39 is 0 Å². The highest BCUT2D eigenvalue weighted by molar-refractivity contribution is 6.30. The number of carbonyl (C=O) groups is 1. The van der Waals surface area contributed by atoms with Crippen molar-refractivity contribution in [3.8, 4) is 23.3 Å². The van der Waals surface area contributed by atoms with Crippen LogP contribution < -0.4 is 14.8 Å². The number of hydrogen-bond donors (Lipinski definition) is 1. The number of ether oxygens (including phenoxy) is 2. The minimum absolute atomic E-state index is 0.214. The van der Waals surface area contributed by atoms with E-state index in [1.54, 1.807) is 30.5 Å². The van der Waals surface area contributed by atoms with Crippen molar-refractivity contribution in [3.05, 3.63) is 46.7 Å². The Morgan fingerprint density at radius 3 is 2.95 bits per heavy atom. The van der Waals surface area contributed by atoms with Crippen molar-refractivity contribution in [1.82, 2.24) is 9.88 Å². The summed E-state index contributed by atoms with van der Waals surface area (Å²) in [6, 6.07) is 7.10. The van der Waals surface area contributed by atoms with E-state index in [9.17, 15) is 4.79 Å². The molecule has 0 saturated carbocycles. The van der Waals surface area contributed by atoms with Crippen molar-refractivity contribution in [2.24, 2.45) is 7.05 Å². The number of nitrogens with zero attached hydrogens (tertiary/aromatic N) is 1. The van der Waals surface area contributed by atoms with Gasteiger partial charge >= 0.3 is 0 Å². The third-order valence-electron chi connectivity index (χ3n) is 3.20. The second-order valence-corrected chi connectivity index (χ2v) is 5.20. The molecule has 2 aromatic rings. The van der Waals surface area contributed by atoms with E-state index in [2.05, 4.69) is 17.2 Å². The van der Waals surface area contributed by atoms with Gasteiger partial charge in [-0.25, -0.2) is 0 Å². The zero-order chi connectivity index (χ0) is 15.5. The number of fused-ring (bicyclic) bond motifs is 1. The van der Waals surface area contributed by atoms with E-state index in [0.717, 1.165) is 5.69 Å². The van der Waals surface area contributed by atoms with E-state index in [1.165, 1.54) is 0 Å². The van der Waals surface area contributed by atoms with Gasteiger partial charge in [0.05, 0.1) is 11.6 Å². The number of benzene rings is 1. The van der Waals surface area contributed by atoms with E-state index in [-0.39, 0.29) is 12.7 Å². The smallest absolute Gasteiger partial charge is 0.296 e. The molecule has 6 heteroatoms. The first-order valence-electron chi connectivity index (χ1n) is 6.62. The second-order valence-electron chi connectivity index (χ2n) is 4.76. The highest BCUT2D eigenvalue weighted by Crippen LogP contribution is 2.32.